The molecule has 18 heavy (non-hydrogen) atoms. The largest absolute Gasteiger partial charge is 0.373 e. The van der Waals surface area contributed by atoms with Crippen molar-refractivity contribution in [2.75, 3.05) is 18.9 Å². The summed E-state index contributed by atoms with van der Waals surface area (Å²) in [5, 5.41) is 5.99. The Labute approximate surface area is 108 Å². The smallest absolute Gasteiger partial charge is 0.251 e. The lowest BCUT2D eigenvalue weighted by atomic mass is 10.1. The van der Waals surface area contributed by atoms with E-state index in [-0.39, 0.29) is 5.91 Å². The Balaban J connectivity index is 2.13. The maximum Gasteiger partial charge on any atom is 0.251 e. The van der Waals surface area contributed by atoms with Crippen molar-refractivity contribution in [1.82, 2.24) is 10.3 Å². The summed E-state index contributed by atoms with van der Waals surface area (Å²) >= 11 is 0. The number of carbonyl (C=O) groups is 1. The van der Waals surface area contributed by atoms with Crippen LogP contribution in [0.25, 0.3) is 0 Å². The molecule has 4 heteroatoms. The lowest BCUT2D eigenvalue weighted by molar-refractivity contribution is 0.0951. The molecular formula is C14H21N3O. The van der Waals surface area contributed by atoms with E-state index in [0.29, 0.717) is 17.4 Å². The number of amides is 1. The number of anilines is 1. The van der Waals surface area contributed by atoms with Crippen LogP contribution in [0.2, 0.25) is 0 Å². The summed E-state index contributed by atoms with van der Waals surface area (Å²) in [6, 6.07) is 3.68. The first-order valence-electron chi connectivity index (χ1n) is 6.58. The van der Waals surface area contributed by atoms with E-state index >= 15 is 0 Å². The average molecular weight is 247 g/mol. The second kappa shape index (κ2) is 5.38. The maximum absolute atomic E-state index is 12.1. The van der Waals surface area contributed by atoms with Gasteiger partial charge >= 0.3 is 0 Å². The van der Waals surface area contributed by atoms with Gasteiger partial charge in [0.25, 0.3) is 5.91 Å². The fourth-order valence-corrected chi connectivity index (χ4v) is 1.77. The molecule has 1 aliphatic carbocycles. The predicted octanol–water partition coefficient (Wildman–Crippen LogP) is 2.39. The summed E-state index contributed by atoms with van der Waals surface area (Å²) in [5.41, 5.74) is 1.64. The molecule has 2 N–H and O–H groups in total. The van der Waals surface area contributed by atoms with Gasteiger partial charge in [-0.1, -0.05) is 13.8 Å². The Morgan fingerprint density at radius 3 is 2.72 bits per heavy atom. The van der Waals surface area contributed by atoms with Crippen LogP contribution in [-0.4, -0.2) is 24.5 Å². The maximum atomic E-state index is 12.1. The summed E-state index contributed by atoms with van der Waals surface area (Å²) in [5.74, 6) is 1.76. The minimum Gasteiger partial charge on any atom is -0.373 e. The molecule has 1 aromatic rings. The minimum atomic E-state index is 0.00250. The molecule has 1 heterocycles. The Kier molecular flexibility index (Phi) is 3.84. The molecule has 1 aliphatic rings. The molecule has 1 saturated carbocycles. The van der Waals surface area contributed by atoms with Gasteiger partial charge in [-0.05, 0) is 36.8 Å². The third-order valence-electron chi connectivity index (χ3n) is 3.20. The van der Waals surface area contributed by atoms with E-state index in [2.05, 4.69) is 29.5 Å². The topological polar surface area (TPSA) is 54.0 Å². The number of hydrogen-bond donors (Lipinski definition) is 2. The highest BCUT2D eigenvalue weighted by molar-refractivity contribution is 5.95. The van der Waals surface area contributed by atoms with Crippen LogP contribution in [0.5, 0.6) is 0 Å². The summed E-state index contributed by atoms with van der Waals surface area (Å²) in [6.45, 7) is 4.95. The zero-order valence-electron chi connectivity index (χ0n) is 11.3. The predicted molar refractivity (Wildman–Crippen MR) is 72.9 cm³/mol. The minimum absolute atomic E-state index is 0.00250. The van der Waals surface area contributed by atoms with Crippen molar-refractivity contribution < 1.29 is 4.79 Å². The highest BCUT2D eigenvalue weighted by Crippen LogP contribution is 2.27. The first-order valence-corrected chi connectivity index (χ1v) is 6.58. The molecule has 0 atom stereocenters. The van der Waals surface area contributed by atoms with Crippen molar-refractivity contribution in [3.8, 4) is 0 Å². The fraction of sp³-hybridized carbons (Fsp3) is 0.571. The highest BCUT2D eigenvalue weighted by Gasteiger charge is 2.22. The Hall–Kier alpha value is -1.58. The zero-order valence-corrected chi connectivity index (χ0v) is 11.3. The SMILES string of the molecule is CNc1cc(C(=O)NCC2CC2)cc(C(C)C)n1. The molecule has 0 unspecified atom stereocenters. The number of nitrogens with one attached hydrogen (secondary N) is 2. The van der Waals surface area contributed by atoms with Gasteiger partial charge in [0, 0.05) is 24.8 Å². The van der Waals surface area contributed by atoms with Gasteiger partial charge in [0.05, 0.1) is 0 Å². The van der Waals surface area contributed by atoms with Crippen LogP contribution < -0.4 is 10.6 Å². The number of aromatic nitrogens is 1. The number of rotatable bonds is 5. The first-order chi connectivity index (χ1) is 8.60. The van der Waals surface area contributed by atoms with Gasteiger partial charge in [-0.25, -0.2) is 4.98 Å². The Morgan fingerprint density at radius 2 is 2.17 bits per heavy atom. The van der Waals surface area contributed by atoms with Crippen molar-refractivity contribution in [2.24, 2.45) is 5.92 Å². The zero-order chi connectivity index (χ0) is 13.1. The van der Waals surface area contributed by atoms with Crippen molar-refractivity contribution in [3.05, 3.63) is 23.4 Å². The average Bonchev–Trinajstić information content (AvgIpc) is 3.19. The molecule has 98 valence electrons. The number of pyridine rings is 1. The van der Waals surface area contributed by atoms with Crippen molar-refractivity contribution in [3.63, 3.8) is 0 Å². The molecule has 1 aromatic heterocycles. The van der Waals surface area contributed by atoms with E-state index in [1.165, 1.54) is 12.8 Å². The lowest BCUT2D eigenvalue weighted by Crippen LogP contribution is -2.26. The van der Waals surface area contributed by atoms with Gasteiger partial charge in [0.1, 0.15) is 5.82 Å². The Bertz CT molecular complexity index is 439. The summed E-state index contributed by atoms with van der Waals surface area (Å²) in [6.07, 6.45) is 2.49. The van der Waals surface area contributed by atoms with Gasteiger partial charge in [0.2, 0.25) is 0 Å². The highest BCUT2D eigenvalue weighted by atomic mass is 16.1. The first kappa shape index (κ1) is 12.9. The van der Waals surface area contributed by atoms with Crippen LogP contribution in [0.3, 0.4) is 0 Å². The van der Waals surface area contributed by atoms with Crippen molar-refractivity contribution >= 4 is 11.7 Å². The second-order valence-corrected chi connectivity index (χ2v) is 5.22. The van der Waals surface area contributed by atoms with Crippen LogP contribution in [-0.2, 0) is 0 Å². The van der Waals surface area contributed by atoms with Gasteiger partial charge in [0.15, 0.2) is 0 Å². The van der Waals surface area contributed by atoms with Crippen LogP contribution in [0.1, 0.15) is 48.7 Å². The third-order valence-corrected chi connectivity index (χ3v) is 3.20. The molecule has 0 spiro atoms. The molecule has 0 bridgehead atoms. The van der Waals surface area contributed by atoms with E-state index in [0.717, 1.165) is 18.1 Å². The number of nitrogens with zero attached hydrogens (tertiary/aromatic N) is 1. The molecule has 0 radical (unpaired) electrons. The molecule has 1 amide bonds. The third kappa shape index (κ3) is 3.22. The van der Waals surface area contributed by atoms with Crippen LogP contribution in [0.4, 0.5) is 5.82 Å². The van der Waals surface area contributed by atoms with Gasteiger partial charge in [-0.15, -0.1) is 0 Å². The monoisotopic (exact) mass is 247 g/mol. The van der Waals surface area contributed by atoms with E-state index in [1.807, 2.05) is 13.1 Å². The molecule has 0 aromatic carbocycles. The van der Waals surface area contributed by atoms with E-state index < -0.39 is 0 Å². The van der Waals surface area contributed by atoms with Gasteiger partial charge in [-0.2, -0.15) is 0 Å². The normalized spacial score (nSPS) is 14.7. The summed E-state index contributed by atoms with van der Waals surface area (Å²) < 4.78 is 0. The molecule has 0 saturated heterocycles. The molecule has 2 rings (SSSR count). The van der Waals surface area contributed by atoms with Gasteiger partial charge in [-0.3, -0.25) is 4.79 Å². The van der Waals surface area contributed by atoms with Crippen LogP contribution in [0, 0.1) is 5.92 Å². The fourth-order valence-electron chi connectivity index (χ4n) is 1.77. The molecule has 1 fully saturated rings. The number of hydrogen-bond acceptors (Lipinski definition) is 3. The Morgan fingerprint density at radius 1 is 1.44 bits per heavy atom. The second-order valence-electron chi connectivity index (χ2n) is 5.22. The number of carbonyl (C=O) groups excluding carboxylic acids is 1. The quantitative estimate of drug-likeness (QED) is 0.840. The van der Waals surface area contributed by atoms with Crippen molar-refractivity contribution in [1.29, 1.82) is 0 Å². The van der Waals surface area contributed by atoms with Crippen LogP contribution in [0.15, 0.2) is 12.1 Å². The van der Waals surface area contributed by atoms with E-state index in [4.69, 9.17) is 0 Å². The molecular weight excluding hydrogens is 226 g/mol. The molecule has 4 nitrogen and oxygen atoms in total. The summed E-state index contributed by atoms with van der Waals surface area (Å²) in [7, 11) is 1.82. The van der Waals surface area contributed by atoms with Gasteiger partial charge < -0.3 is 10.6 Å². The van der Waals surface area contributed by atoms with E-state index in [1.54, 1.807) is 6.07 Å². The van der Waals surface area contributed by atoms with E-state index in [9.17, 15) is 4.79 Å². The summed E-state index contributed by atoms with van der Waals surface area (Å²) in [4.78, 5) is 16.5. The lowest BCUT2D eigenvalue weighted by Gasteiger charge is -2.11. The standard InChI is InChI=1S/C14H21N3O/c1-9(2)12-6-11(7-13(15-3)17-12)14(18)16-8-10-4-5-10/h6-7,9-10H,4-5,8H2,1-3H3,(H,15,17)(H,16,18). The van der Waals surface area contributed by atoms with Crippen molar-refractivity contribution in [2.45, 2.75) is 32.6 Å². The van der Waals surface area contributed by atoms with Crippen LogP contribution >= 0.6 is 0 Å². The molecule has 0 aliphatic heterocycles.